The number of methoxy groups -OCH3 is 1. The Kier molecular flexibility index (Phi) is 4.39. The molecule has 2 aromatic heterocycles. The lowest BCUT2D eigenvalue weighted by atomic mass is 10.2. The third-order valence-electron chi connectivity index (χ3n) is 2.93. The van der Waals surface area contributed by atoms with E-state index in [0.29, 0.717) is 17.4 Å². The second-order valence-corrected chi connectivity index (χ2v) is 5.60. The van der Waals surface area contributed by atoms with E-state index < -0.39 is 5.97 Å². The molecule has 0 saturated carbocycles. The summed E-state index contributed by atoms with van der Waals surface area (Å²) in [6, 6.07) is 0. The molecule has 0 saturated heterocycles. The smallest absolute Gasteiger partial charge is 0.357 e. The number of aromatic nitrogens is 3. The van der Waals surface area contributed by atoms with Gasteiger partial charge < -0.3 is 10.1 Å². The topological polar surface area (TPSA) is 69.0 Å². The first-order chi connectivity index (χ1) is 9.55. The van der Waals surface area contributed by atoms with Crippen LogP contribution in [0.25, 0.3) is 0 Å². The van der Waals surface area contributed by atoms with Crippen LogP contribution in [0.2, 0.25) is 0 Å². The van der Waals surface area contributed by atoms with Crippen LogP contribution < -0.4 is 5.32 Å². The Morgan fingerprint density at radius 1 is 1.55 bits per heavy atom. The molecule has 0 aliphatic heterocycles. The molecule has 0 bridgehead atoms. The van der Waals surface area contributed by atoms with Crippen LogP contribution in [-0.4, -0.2) is 27.8 Å². The Bertz CT molecular complexity index is 618. The van der Waals surface area contributed by atoms with Gasteiger partial charge in [-0.1, -0.05) is 6.92 Å². The SMILES string of the molecule is CCc1nn(C)cc1CNc1nc(C(=O)OC)c(C)s1. The lowest BCUT2D eigenvalue weighted by Gasteiger charge is -2.01. The number of thiazole rings is 1. The molecule has 2 aromatic rings. The maximum Gasteiger partial charge on any atom is 0.357 e. The van der Waals surface area contributed by atoms with Crippen molar-refractivity contribution in [2.45, 2.75) is 26.8 Å². The number of hydrogen-bond acceptors (Lipinski definition) is 6. The highest BCUT2D eigenvalue weighted by Gasteiger charge is 2.16. The Hall–Kier alpha value is -1.89. The molecular weight excluding hydrogens is 276 g/mol. The first kappa shape index (κ1) is 14.5. The maximum absolute atomic E-state index is 11.5. The van der Waals surface area contributed by atoms with E-state index in [1.165, 1.54) is 18.4 Å². The molecule has 2 rings (SSSR count). The van der Waals surface area contributed by atoms with Gasteiger partial charge in [-0.05, 0) is 13.3 Å². The normalized spacial score (nSPS) is 10.6. The summed E-state index contributed by atoms with van der Waals surface area (Å²) in [6.07, 6.45) is 2.88. The highest BCUT2D eigenvalue weighted by atomic mass is 32.1. The van der Waals surface area contributed by atoms with Crippen LogP contribution in [-0.2, 0) is 24.8 Å². The molecule has 0 radical (unpaired) electrons. The second kappa shape index (κ2) is 6.04. The van der Waals surface area contributed by atoms with Crippen molar-refractivity contribution in [3.63, 3.8) is 0 Å². The molecular formula is C13H18N4O2S. The number of anilines is 1. The largest absolute Gasteiger partial charge is 0.464 e. The van der Waals surface area contributed by atoms with Gasteiger partial charge in [-0.25, -0.2) is 9.78 Å². The molecule has 2 heterocycles. The summed E-state index contributed by atoms with van der Waals surface area (Å²) in [5, 5.41) is 8.34. The van der Waals surface area contributed by atoms with E-state index in [0.717, 1.165) is 22.6 Å². The average molecular weight is 294 g/mol. The summed E-state index contributed by atoms with van der Waals surface area (Å²) in [6.45, 7) is 4.58. The van der Waals surface area contributed by atoms with Crippen molar-refractivity contribution in [1.29, 1.82) is 0 Å². The molecule has 0 spiro atoms. The summed E-state index contributed by atoms with van der Waals surface area (Å²) in [5.41, 5.74) is 2.59. The summed E-state index contributed by atoms with van der Waals surface area (Å²) < 4.78 is 6.51. The van der Waals surface area contributed by atoms with Gasteiger partial charge in [-0.15, -0.1) is 11.3 Å². The number of nitrogens with zero attached hydrogens (tertiary/aromatic N) is 3. The molecule has 0 aliphatic carbocycles. The highest BCUT2D eigenvalue weighted by Crippen LogP contribution is 2.23. The zero-order valence-electron chi connectivity index (χ0n) is 12.1. The predicted molar refractivity (Wildman–Crippen MR) is 78.1 cm³/mol. The quantitative estimate of drug-likeness (QED) is 0.856. The molecule has 1 N–H and O–H groups in total. The maximum atomic E-state index is 11.5. The summed E-state index contributed by atoms with van der Waals surface area (Å²) in [5.74, 6) is -0.401. The number of nitrogens with one attached hydrogen (secondary N) is 1. The van der Waals surface area contributed by atoms with Crippen LogP contribution in [0.5, 0.6) is 0 Å². The molecule has 0 aromatic carbocycles. The van der Waals surface area contributed by atoms with Gasteiger partial charge in [-0.2, -0.15) is 5.10 Å². The van der Waals surface area contributed by atoms with Gasteiger partial charge >= 0.3 is 5.97 Å². The van der Waals surface area contributed by atoms with Gasteiger partial charge in [0.2, 0.25) is 0 Å². The number of ether oxygens (including phenoxy) is 1. The van der Waals surface area contributed by atoms with E-state index in [1.54, 1.807) is 0 Å². The van der Waals surface area contributed by atoms with Gasteiger partial charge in [0.25, 0.3) is 0 Å². The molecule has 0 atom stereocenters. The van der Waals surface area contributed by atoms with Crippen LogP contribution in [0.1, 0.15) is 33.5 Å². The standard InChI is InChI=1S/C13H18N4O2S/c1-5-10-9(7-17(3)16-10)6-14-13-15-11(8(2)20-13)12(18)19-4/h7H,5-6H2,1-4H3,(H,14,15). The van der Waals surface area contributed by atoms with Crippen molar-refractivity contribution in [3.8, 4) is 0 Å². The molecule has 0 amide bonds. The second-order valence-electron chi connectivity index (χ2n) is 4.40. The molecule has 0 aliphatic rings. The Labute approximate surface area is 121 Å². The van der Waals surface area contributed by atoms with Crippen molar-refractivity contribution in [1.82, 2.24) is 14.8 Å². The Balaban J connectivity index is 2.09. The fourth-order valence-electron chi connectivity index (χ4n) is 1.96. The molecule has 108 valence electrons. The Morgan fingerprint density at radius 2 is 2.30 bits per heavy atom. The van der Waals surface area contributed by atoms with Gasteiger partial charge in [0.1, 0.15) is 0 Å². The minimum Gasteiger partial charge on any atom is -0.464 e. The molecule has 20 heavy (non-hydrogen) atoms. The first-order valence-corrected chi connectivity index (χ1v) is 7.17. The van der Waals surface area contributed by atoms with Crippen LogP contribution in [0.3, 0.4) is 0 Å². The van der Waals surface area contributed by atoms with E-state index in [-0.39, 0.29) is 0 Å². The molecule has 7 heteroatoms. The molecule has 0 fully saturated rings. The predicted octanol–water partition coefficient (Wildman–Crippen LogP) is 2.15. The number of esters is 1. The number of hydrogen-bond donors (Lipinski definition) is 1. The van der Waals surface area contributed by atoms with Crippen LogP contribution in [0.4, 0.5) is 5.13 Å². The fourth-order valence-corrected chi connectivity index (χ4v) is 2.75. The molecule has 6 nitrogen and oxygen atoms in total. The minimum absolute atomic E-state index is 0.377. The van der Waals surface area contributed by atoms with Crippen LogP contribution in [0.15, 0.2) is 6.20 Å². The lowest BCUT2D eigenvalue weighted by Crippen LogP contribution is -2.04. The van der Waals surface area contributed by atoms with Crippen LogP contribution >= 0.6 is 11.3 Å². The number of carbonyl (C=O) groups excluding carboxylic acids is 1. The van der Waals surface area contributed by atoms with Gasteiger partial charge in [0.05, 0.1) is 12.8 Å². The fraction of sp³-hybridized carbons (Fsp3) is 0.462. The van der Waals surface area contributed by atoms with Crippen molar-refractivity contribution < 1.29 is 9.53 Å². The van der Waals surface area contributed by atoms with E-state index in [2.05, 4.69) is 22.3 Å². The number of aryl methyl sites for hydroxylation is 3. The van der Waals surface area contributed by atoms with Crippen molar-refractivity contribution in [2.75, 3.05) is 12.4 Å². The zero-order valence-corrected chi connectivity index (χ0v) is 12.9. The summed E-state index contributed by atoms with van der Waals surface area (Å²) in [4.78, 5) is 16.6. The lowest BCUT2D eigenvalue weighted by molar-refractivity contribution is 0.0594. The van der Waals surface area contributed by atoms with Crippen molar-refractivity contribution in [3.05, 3.63) is 28.0 Å². The van der Waals surface area contributed by atoms with Gasteiger partial charge in [-0.3, -0.25) is 4.68 Å². The first-order valence-electron chi connectivity index (χ1n) is 6.36. The van der Waals surface area contributed by atoms with Crippen LogP contribution in [0, 0.1) is 6.92 Å². The molecule has 0 unspecified atom stereocenters. The number of carbonyl (C=O) groups is 1. The van der Waals surface area contributed by atoms with E-state index in [1.807, 2.05) is 24.9 Å². The monoisotopic (exact) mass is 294 g/mol. The van der Waals surface area contributed by atoms with E-state index in [4.69, 9.17) is 4.74 Å². The van der Waals surface area contributed by atoms with Crippen molar-refractivity contribution >= 4 is 22.4 Å². The Morgan fingerprint density at radius 3 is 2.95 bits per heavy atom. The third kappa shape index (κ3) is 2.98. The summed E-state index contributed by atoms with van der Waals surface area (Å²) >= 11 is 1.45. The third-order valence-corrected chi connectivity index (χ3v) is 3.86. The van der Waals surface area contributed by atoms with E-state index in [9.17, 15) is 4.79 Å². The average Bonchev–Trinajstić information content (AvgIpc) is 2.98. The zero-order chi connectivity index (χ0) is 14.7. The number of rotatable bonds is 5. The van der Waals surface area contributed by atoms with Gasteiger partial charge in [0.15, 0.2) is 10.8 Å². The highest BCUT2D eigenvalue weighted by molar-refractivity contribution is 7.15. The minimum atomic E-state index is -0.401. The van der Waals surface area contributed by atoms with Crippen molar-refractivity contribution in [2.24, 2.45) is 7.05 Å². The van der Waals surface area contributed by atoms with E-state index >= 15 is 0 Å². The van der Waals surface area contributed by atoms with Gasteiger partial charge in [0, 0.05) is 30.2 Å². The summed E-state index contributed by atoms with van der Waals surface area (Å²) in [7, 11) is 3.27.